The van der Waals surface area contributed by atoms with Crippen LogP contribution in [0, 0.1) is 0 Å². The smallest absolute Gasteiger partial charge is 0.233 e. The van der Waals surface area contributed by atoms with Crippen molar-refractivity contribution < 1.29 is 4.79 Å². The minimum absolute atomic E-state index is 0.0124. The zero-order chi connectivity index (χ0) is 16.9. The van der Waals surface area contributed by atoms with Crippen LogP contribution in [-0.2, 0) is 4.79 Å². The maximum Gasteiger partial charge on any atom is 0.233 e. The van der Waals surface area contributed by atoms with Crippen LogP contribution in [-0.4, -0.2) is 11.2 Å². The lowest BCUT2D eigenvalue weighted by Crippen LogP contribution is -2.33. The molecule has 3 heteroatoms. The lowest BCUT2D eigenvalue weighted by molar-refractivity contribution is -0.120. The molecule has 0 aliphatic rings. The van der Waals surface area contributed by atoms with Gasteiger partial charge in [0.1, 0.15) is 0 Å². The van der Waals surface area contributed by atoms with Crippen molar-refractivity contribution in [3.05, 3.63) is 78.4 Å². The maximum atomic E-state index is 12.5. The topological polar surface area (TPSA) is 29.1 Å². The highest BCUT2D eigenvalue weighted by molar-refractivity contribution is 8.00. The summed E-state index contributed by atoms with van der Waals surface area (Å²) in [5.74, 6) is 0.0597. The molecule has 3 aromatic carbocycles. The Balaban J connectivity index is 1.64. The zero-order valence-electron chi connectivity index (χ0n) is 13.9. The van der Waals surface area contributed by atoms with E-state index >= 15 is 0 Å². The Bertz CT molecular complexity index is 831. The van der Waals surface area contributed by atoms with E-state index in [4.69, 9.17) is 0 Å². The molecule has 0 saturated heterocycles. The van der Waals surface area contributed by atoms with Crippen molar-refractivity contribution in [2.24, 2.45) is 0 Å². The highest BCUT2D eigenvalue weighted by atomic mass is 32.2. The molecule has 0 heterocycles. The molecule has 1 amide bonds. The molecule has 0 fully saturated rings. The first-order valence-corrected chi connectivity index (χ1v) is 9.02. The SMILES string of the molecule is CC(Sc1ccc2ccccc2c1)C(=O)NC(C)c1ccccc1. The summed E-state index contributed by atoms with van der Waals surface area (Å²) in [6, 6.07) is 24.6. The number of rotatable bonds is 5. The summed E-state index contributed by atoms with van der Waals surface area (Å²) in [4.78, 5) is 13.6. The monoisotopic (exact) mass is 335 g/mol. The van der Waals surface area contributed by atoms with Crippen molar-refractivity contribution >= 4 is 28.4 Å². The molecule has 0 radical (unpaired) electrons. The van der Waals surface area contributed by atoms with Crippen LogP contribution in [0.3, 0.4) is 0 Å². The summed E-state index contributed by atoms with van der Waals surface area (Å²) in [6.07, 6.45) is 0. The number of benzene rings is 3. The Morgan fingerprint density at radius 3 is 2.29 bits per heavy atom. The first-order valence-electron chi connectivity index (χ1n) is 8.14. The second-order valence-electron chi connectivity index (χ2n) is 5.91. The fourth-order valence-corrected chi connectivity index (χ4v) is 3.58. The number of hydrogen-bond donors (Lipinski definition) is 1. The molecule has 0 saturated carbocycles. The van der Waals surface area contributed by atoms with Crippen LogP contribution in [0.4, 0.5) is 0 Å². The van der Waals surface area contributed by atoms with Gasteiger partial charge in [-0.3, -0.25) is 4.79 Å². The van der Waals surface area contributed by atoms with Gasteiger partial charge < -0.3 is 5.32 Å². The second-order valence-corrected chi connectivity index (χ2v) is 7.32. The van der Waals surface area contributed by atoms with Crippen LogP contribution >= 0.6 is 11.8 Å². The van der Waals surface area contributed by atoms with E-state index in [0.717, 1.165) is 10.5 Å². The molecule has 2 nitrogen and oxygen atoms in total. The first kappa shape index (κ1) is 16.6. The third-order valence-corrected chi connectivity index (χ3v) is 5.16. The molecule has 0 aliphatic heterocycles. The third-order valence-electron chi connectivity index (χ3n) is 4.06. The molecular formula is C21H21NOS. The van der Waals surface area contributed by atoms with Crippen molar-refractivity contribution in [3.8, 4) is 0 Å². The number of nitrogens with one attached hydrogen (secondary N) is 1. The van der Waals surface area contributed by atoms with Gasteiger partial charge in [0.2, 0.25) is 5.91 Å². The van der Waals surface area contributed by atoms with E-state index in [2.05, 4.69) is 35.6 Å². The quantitative estimate of drug-likeness (QED) is 0.650. The Morgan fingerprint density at radius 2 is 1.54 bits per heavy atom. The Hall–Kier alpha value is -2.26. The van der Waals surface area contributed by atoms with E-state index in [1.807, 2.05) is 56.3 Å². The van der Waals surface area contributed by atoms with Crippen LogP contribution in [0.1, 0.15) is 25.5 Å². The predicted molar refractivity (Wildman–Crippen MR) is 102 cm³/mol. The van der Waals surface area contributed by atoms with Gasteiger partial charge >= 0.3 is 0 Å². The van der Waals surface area contributed by atoms with Gasteiger partial charge in [-0.2, -0.15) is 0 Å². The van der Waals surface area contributed by atoms with Crippen LogP contribution in [0.5, 0.6) is 0 Å². The number of hydrogen-bond acceptors (Lipinski definition) is 2. The average molecular weight is 335 g/mol. The largest absolute Gasteiger partial charge is 0.349 e. The Labute approximate surface area is 147 Å². The maximum absolute atomic E-state index is 12.5. The summed E-state index contributed by atoms with van der Waals surface area (Å²) in [7, 11) is 0. The van der Waals surface area contributed by atoms with Gasteiger partial charge in [0.25, 0.3) is 0 Å². The second kappa shape index (κ2) is 7.54. The fourth-order valence-electron chi connectivity index (χ4n) is 2.65. The average Bonchev–Trinajstić information content (AvgIpc) is 2.62. The van der Waals surface area contributed by atoms with Gasteiger partial charge in [-0.15, -0.1) is 11.8 Å². The highest BCUT2D eigenvalue weighted by Gasteiger charge is 2.17. The van der Waals surface area contributed by atoms with Crippen LogP contribution in [0.2, 0.25) is 0 Å². The van der Waals surface area contributed by atoms with Crippen molar-refractivity contribution in [1.82, 2.24) is 5.32 Å². The first-order chi connectivity index (χ1) is 11.6. The van der Waals surface area contributed by atoms with E-state index in [0.29, 0.717) is 0 Å². The molecule has 0 spiro atoms. The molecule has 2 atom stereocenters. The molecule has 0 aromatic heterocycles. The predicted octanol–water partition coefficient (Wildman–Crippen LogP) is 5.20. The molecule has 24 heavy (non-hydrogen) atoms. The van der Waals surface area contributed by atoms with Gasteiger partial charge in [0.15, 0.2) is 0 Å². The minimum atomic E-state index is -0.141. The summed E-state index contributed by atoms with van der Waals surface area (Å²) < 4.78 is 0. The van der Waals surface area contributed by atoms with E-state index in [1.54, 1.807) is 11.8 Å². The zero-order valence-corrected chi connectivity index (χ0v) is 14.7. The Morgan fingerprint density at radius 1 is 0.875 bits per heavy atom. The molecule has 2 unspecified atom stereocenters. The third kappa shape index (κ3) is 3.98. The van der Waals surface area contributed by atoms with Crippen LogP contribution in [0.15, 0.2) is 77.7 Å². The van der Waals surface area contributed by atoms with Crippen molar-refractivity contribution in [3.63, 3.8) is 0 Å². The van der Waals surface area contributed by atoms with Gasteiger partial charge in [-0.1, -0.05) is 60.7 Å². The summed E-state index contributed by atoms with van der Waals surface area (Å²) in [6.45, 7) is 3.97. The molecule has 122 valence electrons. The number of carbonyl (C=O) groups is 1. The molecule has 3 rings (SSSR count). The molecule has 0 aliphatic carbocycles. The lowest BCUT2D eigenvalue weighted by Gasteiger charge is -2.18. The highest BCUT2D eigenvalue weighted by Crippen LogP contribution is 2.27. The van der Waals surface area contributed by atoms with Crippen molar-refractivity contribution in [2.45, 2.75) is 30.0 Å². The normalized spacial score (nSPS) is 13.4. The fraction of sp³-hybridized carbons (Fsp3) is 0.190. The molecule has 1 N–H and O–H groups in total. The van der Waals surface area contributed by atoms with E-state index in [-0.39, 0.29) is 17.2 Å². The van der Waals surface area contributed by atoms with Crippen LogP contribution < -0.4 is 5.32 Å². The van der Waals surface area contributed by atoms with E-state index in [9.17, 15) is 4.79 Å². The standard InChI is InChI=1S/C21H21NOS/c1-15(17-8-4-3-5-9-17)22-21(23)16(2)24-20-13-12-18-10-6-7-11-19(18)14-20/h3-16H,1-2H3,(H,22,23). The summed E-state index contributed by atoms with van der Waals surface area (Å²) in [5.41, 5.74) is 1.12. The number of thioether (sulfide) groups is 1. The minimum Gasteiger partial charge on any atom is -0.349 e. The van der Waals surface area contributed by atoms with Gasteiger partial charge in [-0.05, 0) is 42.3 Å². The molecule has 3 aromatic rings. The Kier molecular flexibility index (Phi) is 5.21. The number of fused-ring (bicyclic) bond motifs is 1. The van der Waals surface area contributed by atoms with E-state index < -0.39 is 0 Å². The van der Waals surface area contributed by atoms with Crippen molar-refractivity contribution in [2.75, 3.05) is 0 Å². The van der Waals surface area contributed by atoms with Gasteiger partial charge in [-0.25, -0.2) is 0 Å². The number of amides is 1. The van der Waals surface area contributed by atoms with Gasteiger partial charge in [0, 0.05) is 4.90 Å². The molecule has 0 bridgehead atoms. The van der Waals surface area contributed by atoms with Crippen LogP contribution in [0.25, 0.3) is 10.8 Å². The van der Waals surface area contributed by atoms with Gasteiger partial charge in [0.05, 0.1) is 11.3 Å². The summed E-state index contributed by atoms with van der Waals surface area (Å²) in [5, 5.41) is 5.37. The molecular weight excluding hydrogens is 314 g/mol. The van der Waals surface area contributed by atoms with Crippen molar-refractivity contribution in [1.29, 1.82) is 0 Å². The lowest BCUT2D eigenvalue weighted by atomic mass is 10.1. The van der Waals surface area contributed by atoms with E-state index in [1.165, 1.54) is 10.8 Å². The summed E-state index contributed by atoms with van der Waals surface area (Å²) >= 11 is 1.59. The number of carbonyl (C=O) groups excluding carboxylic acids is 1.